The molecule has 0 aliphatic carbocycles. The summed E-state index contributed by atoms with van der Waals surface area (Å²) in [5.41, 5.74) is -2.60. The lowest BCUT2D eigenvalue weighted by Gasteiger charge is -2.22. The predicted octanol–water partition coefficient (Wildman–Crippen LogP) is 2.60. The van der Waals surface area contributed by atoms with Crippen molar-refractivity contribution >= 4 is 6.09 Å². The fourth-order valence-corrected chi connectivity index (χ4v) is 0.730. The number of ether oxygens (including phenoxy) is 1. The Morgan fingerprint density at radius 3 is 2.13 bits per heavy atom. The van der Waals surface area contributed by atoms with Crippen LogP contribution in [0.4, 0.5) is 13.6 Å². The maximum absolute atomic E-state index is 13.1. The van der Waals surface area contributed by atoms with Crippen molar-refractivity contribution in [1.29, 1.82) is 0 Å². The summed E-state index contributed by atoms with van der Waals surface area (Å²) < 4.78 is 30.9. The van der Waals surface area contributed by atoms with Gasteiger partial charge in [0.1, 0.15) is 11.3 Å². The normalized spacial score (nSPS) is 14.6. The van der Waals surface area contributed by atoms with Crippen molar-refractivity contribution in [3.05, 3.63) is 0 Å². The first-order valence-electron chi connectivity index (χ1n) is 4.82. The van der Waals surface area contributed by atoms with Gasteiger partial charge in [0, 0.05) is 0 Å². The van der Waals surface area contributed by atoms with E-state index in [-0.39, 0.29) is 0 Å². The minimum Gasteiger partial charge on any atom is -0.444 e. The molecule has 0 aliphatic heterocycles. The van der Waals surface area contributed by atoms with Gasteiger partial charge >= 0.3 is 6.09 Å². The number of halogens is 2. The summed E-state index contributed by atoms with van der Waals surface area (Å²) >= 11 is 0. The van der Waals surface area contributed by atoms with Gasteiger partial charge < -0.3 is 10.1 Å². The van der Waals surface area contributed by atoms with Crippen LogP contribution in [0.15, 0.2) is 0 Å². The molecule has 1 atom stereocenters. The Morgan fingerprint density at radius 2 is 1.80 bits per heavy atom. The molecule has 3 nitrogen and oxygen atoms in total. The Bertz CT molecular complexity index is 218. The summed E-state index contributed by atoms with van der Waals surface area (Å²) in [6.07, 6.45) is -2.49. The number of hydrogen-bond acceptors (Lipinski definition) is 2. The summed E-state index contributed by atoms with van der Waals surface area (Å²) in [7, 11) is 0. The van der Waals surface area contributed by atoms with Gasteiger partial charge in [0.15, 0.2) is 6.17 Å². The Hall–Kier alpha value is -0.870. The molecule has 0 saturated heterocycles. The standard InChI is InChI=1S/C10H19F2NO2/c1-9(2,3)15-8(14)13-6-7(11)10(4,5)12/h7H,6H2,1-5H3,(H,13,14)/t7-/m1/s1. The van der Waals surface area contributed by atoms with Gasteiger partial charge in [-0.25, -0.2) is 13.6 Å². The molecule has 0 radical (unpaired) electrons. The quantitative estimate of drug-likeness (QED) is 0.798. The summed E-state index contributed by atoms with van der Waals surface area (Å²) in [6.45, 7) is 6.93. The highest BCUT2D eigenvalue weighted by molar-refractivity contribution is 5.67. The highest BCUT2D eigenvalue weighted by Crippen LogP contribution is 2.17. The number of hydrogen-bond donors (Lipinski definition) is 1. The summed E-state index contributed by atoms with van der Waals surface area (Å²) in [5, 5.41) is 2.17. The lowest BCUT2D eigenvalue weighted by molar-refractivity contribution is 0.0446. The summed E-state index contributed by atoms with van der Waals surface area (Å²) in [6, 6.07) is 0. The van der Waals surface area contributed by atoms with Crippen LogP contribution in [0.25, 0.3) is 0 Å². The van der Waals surface area contributed by atoms with Gasteiger partial charge in [-0.2, -0.15) is 0 Å². The van der Waals surface area contributed by atoms with E-state index in [1.54, 1.807) is 20.8 Å². The van der Waals surface area contributed by atoms with Gasteiger partial charge in [-0.05, 0) is 34.6 Å². The number of rotatable bonds is 3. The van der Waals surface area contributed by atoms with Gasteiger partial charge in [-0.1, -0.05) is 0 Å². The first-order valence-corrected chi connectivity index (χ1v) is 4.82. The van der Waals surface area contributed by atoms with Crippen LogP contribution >= 0.6 is 0 Å². The van der Waals surface area contributed by atoms with E-state index in [1.807, 2.05) is 0 Å². The average molecular weight is 223 g/mol. The zero-order valence-corrected chi connectivity index (χ0v) is 9.86. The van der Waals surface area contributed by atoms with Crippen molar-refractivity contribution in [3.63, 3.8) is 0 Å². The molecule has 0 heterocycles. The van der Waals surface area contributed by atoms with E-state index >= 15 is 0 Å². The second-order valence-electron chi connectivity index (χ2n) is 4.91. The molecule has 0 spiro atoms. The van der Waals surface area contributed by atoms with Crippen molar-refractivity contribution in [2.75, 3.05) is 6.54 Å². The second-order valence-corrected chi connectivity index (χ2v) is 4.91. The molecule has 0 aromatic rings. The molecule has 0 rings (SSSR count). The monoisotopic (exact) mass is 223 g/mol. The van der Waals surface area contributed by atoms with Crippen molar-refractivity contribution in [1.82, 2.24) is 5.32 Å². The van der Waals surface area contributed by atoms with Crippen molar-refractivity contribution in [2.45, 2.75) is 52.1 Å². The van der Waals surface area contributed by atoms with Crippen molar-refractivity contribution in [2.24, 2.45) is 0 Å². The summed E-state index contributed by atoms with van der Waals surface area (Å²) in [4.78, 5) is 11.1. The van der Waals surface area contributed by atoms with Crippen LogP contribution in [0.2, 0.25) is 0 Å². The lowest BCUT2D eigenvalue weighted by Crippen LogP contribution is -2.41. The first kappa shape index (κ1) is 14.1. The number of carbonyl (C=O) groups excluding carboxylic acids is 1. The maximum Gasteiger partial charge on any atom is 0.407 e. The van der Waals surface area contributed by atoms with E-state index in [2.05, 4.69) is 5.32 Å². The van der Waals surface area contributed by atoms with E-state index in [1.165, 1.54) is 0 Å². The number of amides is 1. The third kappa shape index (κ3) is 7.11. The average Bonchev–Trinajstić information content (AvgIpc) is 1.94. The Morgan fingerprint density at radius 1 is 1.33 bits per heavy atom. The number of carbonyl (C=O) groups is 1. The molecule has 1 N–H and O–H groups in total. The maximum atomic E-state index is 13.1. The van der Waals surface area contributed by atoms with Crippen molar-refractivity contribution in [3.8, 4) is 0 Å². The van der Waals surface area contributed by atoms with E-state index in [0.29, 0.717) is 0 Å². The van der Waals surface area contributed by atoms with E-state index < -0.39 is 30.1 Å². The molecule has 0 saturated carbocycles. The van der Waals surface area contributed by atoms with Gasteiger partial charge in [-0.15, -0.1) is 0 Å². The third-order valence-corrected chi connectivity index (χ3v) is 1.57. The van der Waals surface area contributed by atoms with Crippen LogP contribution in [-0.4, -0.2) is 30.1 Å². The fraction of sp³-hybridized carbons (Fsp3) is 0.900. The van der Waals surface area contributed by atoms with Gasteiger partial charge in [0.05, 0.1) is 6.54 Å². The Kier molecular flexibility index (Phi) is 4.49. The number of nitrogens with one attached hydrogen (secondary N) is 1. The predicted molar refractivity (Wildman–Crippen MR) is 54.3 cm³/mol. The molecule has 0 aromatic carbocycles. The largest absolute Gasteiger partial charge is 0.444 e. The molecule has 90 valence electrons. The number of alkyl halides is 2. The topological polar surface area (TPSA) is 38.3 Å². The molecule has 5 heteroatoms. The highest BCUT2D eigenvalue weighted by Gasteiger charge is 2.29. The van der Waals surface area contributed by atoms with Gasteiger partial charge in [0.25, 0.3) is 0 Å². The van der Waals surface area contributed by atoms with Crippen molar-refractivity contribution < 1.29 is 18.3 Å². The lowest BCUT2D eigenvalue weighted by atomic mass is 10.1. The van der Waals surface area contributed by atoms with Crippen LogP contribution in [0, 0.1) is 0 Å². The molecule has 0 fully saturated rings. The summed E-state index contributed by atoms with van der Waals surface area (Å²) in [5.74, 6) is 0. The highest BCUT2D eigenvalue weighted by atomic mass is 19.2. The molecule has 15 heavy (non-hydrogen) atoms. The minimum atomic E-state index is -1.96. The Balaban J connectivity index is 3.92. The first-order chi connectivity index (χ1) is 6.52. The molecule has 0 aliphatic rings. The van der Waals surface area contributed by atoms with E-state index in [4.69, 9.17) is 4.74 Å². The molecule has 0 unspecified atom stereocenters. The molecule has 0 bridgehead atoms. The second kappa shape index (κ2) is 4.77. The van der Waals surface area contributed by atoms with Crippen LogP contribution in [0.3, 0.4) is 0 Å². The van der Waals surface area contributed by atoms with Crippen LogP contribution < -0.4 is 5.32 Å². The molecular weight excluding hydrogens is 204 g/mol. The number of alkyl carbamates (subject to hydrolysis) is 1. The third-order valence-electron chi connectivity index (χ3n) is 1.57. The van der Waals surface area contributed by atoms with Gasteiger partial charge in [0.2, 0.25) is 0 Å². The smallest absolute Gasteiger partial charge is 0.407 e. The zero-order valence-electron chi connectivity index (χ0n) is 9.86. The Labute approximate surface area is 89.2 Å². The minimum absolute atomic E-state index is 0.390. The molecular formula is C10H19F2NO2. The van der Waals surface area contributed by atoms with Crippen LogP contribution in [0.5, 0.6) is 0 Å². The fourth-order valence-electron chi connectivity index (χ4n) is 0.730. The zero-order chi connectivity index (χ0) is 12.3. The van der Waals surface area contributed by atoms with Crippen LogP contribution in [0.1, 0.15) is 34.6 Å². The van der Waals surface area contributed by atoms with Crippen LogP contribution in [-0.2, 0) is 4.74 Å². The molecule has 0 aromatic heterocycles. The van der Waals surface area contributed by atoms with E-state index in [9.17, 15) is 13.6 Å². The van der Waals surface area contributed by atoms with E-state index in [0.717, 1.165) is 13.8 Å². The SMILES string of the molecule is CC(C)(C)OC(=O)NC[C@@H](F)C(C)(C)F. The van der Waals surface area contributed by atoms with Gasteiger partial charge in [-0.3, -0.25) is 0 Å². The molecule has 1 amide bonds.